The second-order valence-corrected chi connectivity index (χ2v) is 8.16. The lowest BCUT2D eigenvalue weighted by molar-refractivity contribution is 0.0979. The zero-order valence-corrected chi connectivity index (χ0v) is 13.8. The predicted molar refractivity (Wildman–Crippen MR) is 91.5 cm³/mol. The summed E-state index contributed by atoms with van der Waals surface area (Å²) in [7, 11) is -3.07. The third-order valence-electron chi connectivity index (χ3n) is 4.13. The van der Waals surface area contributed by atoms with Crippen LogP contribution in [0.15, 0.2) is 54.6 Å². The highest BCUT2D eigenvalue weighted by atomic mass is 32.2. The molecule has 1 atom stereocenters. The number of benzene rings is 2. The maximum atomic E-state index is 13.0. The predicted octanol–water partition coefficient (Wildman–Crippen LogP) is 2.83. The number of amides is 1. The number of hydrogen-bond donors (Lipinski definition) is 0. The van der Waals surface area contributed by atoms with Crippen molar-refractivity contribution in [3.63, 3.8) is 0 Å². The second-order valence-electron chi connectivity index (χ2n) is 5.93. The van der Waals surface area contributed by atoms with Gasteiger partial charge in [-0.25, -0.2) is 8.42 Å². The minimum atomic E-state index is -3.07. The summed E-state index contributed by atoms with van der Waals surface area (Å²) < 4.78 is 23.7. The van der Waals surface area contributed by atoms with Gasteiger partial charge in [-0.15, -0.1) is 0 Å². The highest BCUT2D eigenvalue weighted by molar-refractivity contribution is 7.91. The number of sulfone groups is 1. The molecule has 0 bridgehead atoms. The van der Waals surface area contributed by atoms with E-state index in [1.54, 1.807) is 17.0 Å². The summed E-state index contributed by atoms with van der Waals surface area (Å²) in [6, 6.07) is 16.3. The number of rotatable bonds is 3. The van der Waals surface area contributed by atoms with Crippen molar-refractivity contribution in [2.45, 2.75) is 19.4 Å². The Morgan fingerprint density at radius 1 is 1.04 bits per heavy atom. The van der Waals surface area contributed by atoms with Gasteiger partial charge in [0.1, 0.15) is 0 Å². The number of carbonyl (C=O) groups excluding carboxylic acids is 1. The van der Waals surface area contributed by atoms with Crippen LogP contribution in [0.2, 0.25) is 0 Å². The van der Waals surface area contributed by atoms with E-state index in [0.717, 1.165) is 11.3 Å². The molecule has 0 unspecified atom stereocenters. The van der Waals surface area contributed by atoms with Gasteiger partial charge in [-0.1, -0.05) is 35.9 Å². The summed E-state index contributed by atoms with van der Waals surface area (Å²) in [6.45, 7) is 1.98. The Kier molecular flexibility index (Phi) is 4.22. The van der Waals surface area contributed by atoms with Gasteiger partial charge in [0.15, 0.2) is 9.84 Å². The molecular formula is C18H19NO3S. The fraction of sp³-hybridized carbons (Fsp3) is 0.278. The molecule has 23 heavy (non-hydrogen) atoms. The summed E-state index contributed by atoms with van der Waals surface area (Å²) in [5, 5.41) is 0. The van der Waals surface area contributed by atoms with Crippen LogP contribution >= 0.6 is 0 Å². The standard InChI is InChI=1S/C18H19NO3S/c1-14-7-9-16(10-8-14)19(17-11-12-23(21,22)13-17)18(20)15-5-3-2-4-6-15/h2-10,17H,11-13H2,1H3/t17-/m0/s1. The van der Waals surface area contributed by atoms with Gasteiger partial charge in [0, 0.05) is 11.3 Å². The molecule has 1 heterocycles. The van der Waals surface area contributed by atoms with Crippen LogP contribution in [0.1, 0.15) is 22.3 Å². The van der Waals surface area contributed by atoms with Crippen molar-refractivity contribution >= 4 is 21.4 Å². The van der Waals surface area contributed by atoms with Gasteiger partial charge in [-0.3, -0.25) is 4.79 Å². The number of carbonyl (C=O) groups is 1. The number of nitrogens with zero attached hydrogens (tertiary/aromatic N) is 1. The zero-order valence-electron chi connectivity index (χ0n) is 13.0. The van der Waals surface area contributed by atoms with E-state index in [2.05, 4.69) is 0 Å². The third-order valence-corrected chi connectivity index (χ3v) is 5.88. The molecule has 3 rings (SSSR count). The van der Waals surface area contributed by atoms with Crippen LogP contribution in [-0.2, 0) is 9.84 Å². The van der Waals surface area contributed by atoms with E-state index in [9.17, 15) is 13.2 Å². The van der Waals surface area contributed by atoms with Crippen molar-refractivity contribution in [1.82, 2.24) is 0 Å². The highest BCUT2D eigenvalue weighted by Gasteiger charge is 2.35. The fourth-order valence-corrected chi connectivity index (χ4v) is 4.60. The summed E-state index contributed by atoms with van der Waals surface area (Å²) >= 11 is 0. The number of hydrogen-bond acceptors (Lipinski definition) is 3. The maximum Gasteiger partial charge on any atom is 0.258 e. The SMILES string of the molecule is Cc1ccc(N(C(=O)c2ccccc2)[C@H]2CCS(=O)(=O)C2)cc1. The van der Waals surface area contributed by atoms with Crippen LogP contribution in [-0.4, -0.2) is 31.9 Å². The molecule has 0 saturated carbocycles. The number of anilines is 1. The molecule has 1 aliphatic heterocycles. The van der Waals surface area contributed by atoms with E-state index in [1.807, 2.05) is 49.4 Å². The van der Waals surface area contributed by atoms with Gasteiger partial charge in [0.05, 0.1) is 17.5 Å². The molecule has 0 spiro atoms. The van der Waals surface area contributed by atoms with Crippen LogP contribution in [0.25, 0.3) is 0 Å². The molecule has 2 aromatic carbocycles. The monoisotopic (exact) mass is 329 g/mol. The Hall–Kier alpha value is -2.14. The van der Waals surface area contributed by atoms with Gasteiger partial charge < -0.3 is 4.90 Å². The van der Waals surface area contributed by atoms with Gasteiger partial charge in [0.25, 0.3) is 5.91 Å². The van der Waals surface area contributed by atoms with E-state index in [4.69, 9.17) is 0 Å². The molecule has 5 heteroatoms. The van der Waals surface area contributed by atoms with E-state index >= 15 is 0 Å². The summed E-state index contributed by atoms with van der Waals surface area (Å²) in [6.07, 6.45) is 0.481. The summed E-state index contributed by atoms with van der Waals surface area (Å²) in [5.74, 6) is 0.0122. The molecule has 120 valence electrons. The van der Waals surface area contributed by atoms with E-state index in [-0.39, 0.29) is 23.5 Å². The molecule has 1 amide bonds. The first-order valence-corrected chi connectivity index (χ1v) is 9.44. The Morgan fingerprint density at radius 3 is 2.26 bits per heavy atom. The topological polar surface area (TPSA) is 54.5 Å². The Morgan fingerprint density at radius 2 is 1.70 bits per heavy atom. The zero-order chi connectivity index (χ0) is 16.4. The van der Waals surface area contributed by atoms with E-state index in [1.165, 1.54) is 0 Å². The smallest absolute Gasteiger partial charge is 0.258 e. The van der Waals surface area contributed by atoms with Crippen LogP contribution in [0.4, 0.5) is 5.69 Å². The highest BCUT2D eigenvalue weighted by Crippen LogP contribution is 2.26. The van der Waals surface area contributed by atoms with Crippen molar-refractivity contribution in [2.24, 2.45) is 0 Å². The minimum absolute atomic E-state index is 0.0272. The largest absolute Gasteiger partial charge is 0.304 e. The molecule has 0 aliphatic carbocycles. The lowest BCUT2D eigenvalue weighted by atomic mass is 10.1. The van der Waals surface area contributed by atoms with Crippen LogP contribution in [0, 0.1) is 6.92 Å². The second kappa shape index (κ2) is 6.16. The molecule has 4 nitrogen and oxygen atoms in total. The van der Waals surface area contributed by atoms with E-state index < -0.39 is 9.84 Å². The molecule has 0 N–H and O–H groups in total. The van der Waals surface area contributed by atoms with Crippen LogP contribution in [0.5, 0.6) is 0 Å². The first kappa shape index (κ1) is 15.7. The molecule has 1 saturated heterocycles. The minimum Gasteiger partial charge on any atom is -0.304 e. The normalized spacial score (nSPS) is 19.4. The van der Waals surface area contributed by atoms with Crippen LogP contribution < -0.4 is 4.90 Å². The van der Waals surface area contributed by atoms with Crippen molar-refractivity contribution in [3.8, 4) is 0 Å². The lowest BCUT2D eigenvalue weighted by Crippen LogP contribution is -2.41. The summed E-state index contributed by atoms with van der Waals surface area (Å²) in [4.78, 5) is 14.6. The van der Waals surface area contributed by atoms with Crippen molar-refractivity contribution in [2.75, 3.05) is 16.4 Å². The summed E-state index contributed by atoms with van der Waals surface area (Å²) in [5.41, 5.74) is 2.41. The van der Waals surface area contributed by atoms with Gasteiger partial charge in [0.2, 0.25) is 0 Å². The van der Waals surface area contributed by atoms with Crippen molar-refractivity contribution in [1.29, 1.82) is 0 Å². The Balaban J connectivity index is 2.00. The molecule has 1 aliphatic rings. The molecule has 2 aromatic rings. The Bertz CT molecular complexity index is 798. The molecule has 0 radical (unpaired) electrons. The average Bonchev–Trinajstić information content (AvgIpc) is 2.90. The van der Waals surface area contributed by atoms with Crippen molar-refractivity contribution in [3.05, 3.63) is 65.7 Å². The van der Waals surface area contributed by atoms with Gasteiger partial charge in [-0.05, 0) is 37.6 Å². The third kappa shape index (κ3) is 3.45. The quantitative estimate of drug-likeness (QED) is 0.870. The van der Waals surface area contributed by atoms with Crippen LogP contribution in [0.3, 0.4) is 0 Å². The van der Waals surface area contributed by atoms with Gasteiger partial charge >= 0.3 is 0 Å². The van der Waals surface area contributed by atoms with E-state index in [0.29, 0.717) is 12.0 Å². The van der Waals surface area contributed by atoms with Gasteiger partial charge in [-0.2, -0.15) is 0 Å². The molecular weight excluding hydrogens is 310 g/mol. The first-order valence-electron chi connectivity index (χ1n) is 7.62. The molecule has 0 aromatic heterocycles. The average molecular weight is 329 g/mol. The maximum absolute atomic E-state index is 13.0. The number of aryl methyl sites for hydroxylation is 1. The Labute approximate surface area is 136 Å². The fourth-order valence-electron chi connectivity index (χ4n) is 2.90. The van der Waals surface area contributed by atoms with Crippen molar-refractivity contribution < 1.29 is 13.2 Å². The molecule has 1 fully saturated rings. The first-order chi connectivity index (χ1) is 11.0. The lowest BCUT2D eigenvalue weighted by Gasteiger charge is -2.28.